The van der Waals surface area contributed by atoms with Crippen LogP contribution in [0.5, 0.6) is 5.75 Å². The predicted molar refractivity (Wildman–Crippen MR) is 88.9 cm³/mol. The first-order chi connectivity index (χ1) is 11.3. The minimum atomic E-state index is 0.0847. The summed E-state index contributed by atoms with van der Waals surface area (Å²) in [6.07, 6.45) is 8.40. The Bertz CT molecular complexity index is 796. The van der Waals surface area contributed by atoms with E-state index in [1.807, 2.05) is 6.07 Å². The van der Waals surface area contributed by atoms with Crippen LogP contribution >= 0.6 is 0 Å². The van der Waals surface area contributed by atoms with E-state index >= 15 is 0 Å². The molecule has 2 aromatic rings. The molecule has 0 unspecified atom stereocenters. The number of hydrogen-bond acceptors (Lipinski definition) is 4. The highest BCUT2D eigenvalue weighted by Gasteiger charge is 2.20. The van der Waals surface area contributed by atoms with Crippen LogP contribution in [0.4, 0.5) is 5.69 Å². The first-order valence-corrected chi connectivity index (χ1v) is 8.08. The van der Waals surface area contributed by atoms with E-state index < -0.39 is 0 Å². The van der Waals surface area contributed by atoms with Gasteiger partial charge in [0, 0.05) is 11.8 Å². The molecule has 1 aromatic carbocycles. The van der Waals surface area contributed by atoms with Crippen LogP contribution in [0.2, 0.25) is 0 Å². The van der Waals surface area contributed by atoms with Gasteiger partial charge in [-0.2, -0.15) is 0 Å². The SMILES string of the molecule is O=C1CC(COc2ccc3c(c2)CCCC3)=Nc2cnccc21. The van der Waals surface area contributed by atoms with E-state index in [0.29, 0.717) is 24.3 Å². The molecule has 1 aliphatic heterocycles. The van der Waals surface area contributed by atoms with Gasteiger partial charge in [-0.1, -0.05) is 6.07 Å². The van der Waals surface area contributed by atoms with Gasteiger partial charge in [0.15, 0.2) is 5.78 Å². The molecule has 0 fully saturated rings. The van der Waals surface area contributed by atoms with E-state index in [4.69, 9.17) is 4.74 Å². The fourth-order valence-corrected chi connectivity index (χ4v) is 3.25. The second-order valence-corrected chi connectivity index (χ2v) is 6.10. The maximum absolute atomic E-state index is 12.1. The van der Waals surface area contributed by atoms with Crippen molar-refractivity contribution in [3.8, 4) is 5.75 Å². The number of carbonyl (C=O) groups is 1. The summed E-state index contributed by atoms with van der Waals surface area (Å²) in [4.78, 5) is 20.7. The Labute approximate surface area is 135 Å². The van der Waals surface area contributed by atoms with Crippen molar-refractivity contribution >= 4 is 17.2 Å². The van der Waals surface area contributed by atoms with Crippen molar-refractivity contribution in [2.75, 3.05) is 6.61 Å². The van der Waals surface area contributed by atoms with E-state index in [2.05, 4.69) is 22.1 Å². The van der Waals surface area contributed by atoms with Crippen molar-refractivity contribution in [2.45, 2.75) is 32.1 Å². The van der Waals surface area contributed by atoms with E-state index in [9.17, 15) is 4.79 Å². The minimum absolute atomic E-state index is 0.0847. The summed E-state index contributed by atoms with van der Waals surface area (Å²) in [6, 6.07) is 8.04. The number of aromatic nitrogens is 1. The third kappa shape index (κ3) is 2.89. The minimum Gasteiger partial charge on any atom is -0.488 e. The third-order valence-corrected chi connectivity index (χ3v) is 4.47. The Morgan fingerprint density at radius 1 is 1.09 bits per heavy atom. The van der Waals surface area contributed by atoms with E-state index in [1.54, 1.807) is 18.5 Å². The quantitative estimate of drug-likeness (QED) is 0.869. The Morgan fingerprint density at radius 3 is 2.87 bits per heavy atom. The monoisotopic (exact) mass is 306 g/mol. The molecular weight excluding hydrogens is 288 g/mol. The number of benzene rings is 1. The molecule has 0 bridgehead atoms. The highest BCUT2D eigenvalue weighted by molar-refractivity contribution is 6.16. The maximum Gasteiger partial charge on any atom is 0.170 e. The Hall–Kier alpha value is -2.49. The topological polar surface area (TPSA) is 51.5 Å². The summed E-state index contributed by atoms with van der Waals surface area (Å²) in [5.74, 6) is 0.944. The van der Waals surface area contributed by atoms with Gasteiger partial charge in [-0.15, -0.1) is 0 Å². The standard InChI is InChI=1S/C19H18N2O2/c22-19-10-15(21-18-11-20-8-7-17(18)19)12-23-16-6-5-13-3-1-2-4-14(13)9-16/h5-9,11H,1-4,10,12H2. The molecule has 23 heavy (non-hydrogen) atoms. The normalized spacial score (nSPS) is 16.3. The molecule has 1 aromatic heterocycles. The Morgan fingerprint density at radius 2 is 1.96 bits per heavy atom. The lowest BCUT2D eigenvalue weighted by molar-refractivity contribution is 0.0998. The summed E-state index contributed by atoms with van der Waals surface area (Å²) in [5, 5.41) is 0. The van der Waals surface area contributed by atoms with Crippen LogP contribution in [0.25, 0.3) is 0 Å². The van der Waals surface area contributed by atoms with Crippen molar-refractivity contribution in [2.24, 2.45) is 4.99 Å². The smallest absolute Gasteiger partial charge is 0.170 e. The van der Waals surface area contributed by atoms with Crippen LogP contribution in [0, 0.1) is 0 Å². The highest BCUT2D eigenvalue weighted by atomic mass is 16.5. The molecule has 1 aliphatic carbocycles. The van der Waals surface area contributed by atoms with Crippen molar-refractivity contribution in [3.05, 3.63) is 53.3 Å². The molecule has 0 radical (unpaired) electrons. The Kier molecular flexibility index (Phi) is 3.66. The number of hydrogen-bond donors (Lipinski definition) is 0. The molecular formula is C19H18N2O2. The average Bonchev–Trinajstić information content (AvgIpc) is 2.60. The summed E-state index contributed by atoms with van der Waals surface area (Å²) >= 11 is 0. The summed E-state index contributed by atoms with van der Waals surface area (Å²) in [5.41, 5.74) is 4.89. The lowest BCUT2D eigenvalue weighted by Gasteiger charge is -2.18. The number of fused-ring (bicyclic) bond motifs is 2. The van der Waals surface area contributed by atoms with E-state index in [1.165, 1.54) is 30.4 Å². The van der Waals surface area contributed by atoms with Gasteiger partial charge in [0.2, 0.25) is 0 Å². The zero-order valence-electron chi connectivity index (χ0n) is 12.9. The molecule has 0 N–H and O–H groups in total. The van der Waals surface area contributed by atoms with Gasteiger partial charge in [0.05, 0.1) is 24.0 Å². The lowest BCUT2D eigenvalue weighted by Crippen LogP contribution is -2.19. The van der Waals surface area contributed by atoms with Crippen LogP contribution in [-0.2, 0) is 12.8 Å². The number of aliphatic imine (C=N–C) groups is 1. The van der Waals surface area contributed by atoms with Gasteiger partial charge in [-0.05, 0) is 55.0 Å². The van der Waals surface area contributed by atoms with Crippen LogP contribution in [-0.4, -0.2) is 23.1 Å². The Balaban J connectivity index is 1.49. The molecule has 0 saturated heterocycles. The second-order valence-electron chi connectivity index (χ2n) is 6.10. The predicted octanol–water partition coefficient (Wildman–Crippen LogP) is 3.70. The highest BCUT2D eigenvalue weighted by Crippen LogP contribution is 2.27. The lowest BCUT2D eigenvalue weighted by atomic mass is 9.92. The number of ether oxygens (including phenoxy) is 1. The molecule has 4 nitrogen and oxygen atoms in total. The number of rotatable bonds is 3. The first kappa shape index (κ1) is 14.1. The molecule has 2 heterocycles. The summed E-state index contributed by atoms with van der Waals surface area (Å²) in [7, 11) is 0. The third-order valence-electron chi connectivity index (χ3n) is 4.47. The second kappa shape index (κ2) is 5.95. The fourth-order valence-electron chi connectivity index (χ4n) is 3.25. The van der Waals surface area contributed by atoms with Crippen molar-refractivity contribution in [3.63, 3.8) is 0 Å². The van der Waals surface area contributed by atoms with Crippen LogP contribution in [0.15, 0.2) is 41.7 Å². The molecule has 4 rings (SSSR count). The van der Waals surface area contributed by atoms with Gasteiger partial charge >= 0.3 is 0 Å². The van der Waals surface area contributed by atoms with Crippen LogP contribution in [0.1, 0.15) is 40.7 Å². The molecule has 116 valence electrons. The molecule has 0 spiro atoms. The van der Waals surface area contributed by atoms with Gasteiger partial charge < -0.3 is 4.74 Å². The van der Waals surface area contributed by atoms with E-state index in [-0.39, 0.29) is 5.78 Å². The maximum atomic E-state index is 12.1. The van der Waals surface area contributed by atoms with Crippen LogP contribution in [0.3, 0.4) is 0 Å². The van der Waals surface area contributed by atoms with Crippen molar-refractivity contribution in [1.29, 1.82) is 0 Å². The zero-order chi connectivity index (χ0) is 15.6. The molecule has 0 amide bonds. The molecule has 0 saturated carbocycles. The number of Topliss-reactive ketones (excluding diaryl/α,β-unsaturated/α-hetero) is 1. The van der Waals surface area contributed by atoms with E-state index in [0.717, 1.165) is 17.9 Å². The van der Waals surface area contributed by atoms with Crippen LogP contribution < -0.4 is 4.74 Å². The summed E-state index contributed by atoms with van der Waals surface area (Å²) in [6.45, 7) is 0.346. The molecule has 4 heteroatoms. The van der Waals surface area contributed by atoms with Gasteiger partial charge in [-0.25, -0.2) is 0 Å². The number of aryl methyl sites for hydroxylation is 2. The largest absolute Gasteiger partial charge is 0.488 e. The average molecular weight is 306 g/mol. The molecule has 0 atom stereocenters. The first-order valence-electron chi connectivity index (χ1n) is 8.08. The summed E-state index contributed by atoms with van der Waals surface area (Å²) < 4.78 is 5.87. The molecule has 2 aliphatic rings. The van der Waals surface area contributed by atoms with Crippen molar-refractivity contribution < 1.29 is 9.53 Å². The van der Waals surface area contributed by atoms with Gasteiger partial charge in [0.25, 0.3) is 0 Å². The van der Waals surface area contributed by atoms with Gasteiger partial charge in [-0.3, -0.25) is 14.8 Å². The number of ketones is 1. The number of carbonyl (C=O) groups excluding carboxylic acids is 1. The van der Waals surface area contributed by atoms with Gasteiger partial charge in [0.1, 0.15) is 12.4 Å². The fraction of sp³-hybridized carbons (Fsp3) is 0.316. The zero-order valence-corrected chi connectivity index (χ0v) is 12.9. The van der Waals surface area contributed by atoms with Crippen molar-refractivity contribution in [1.82, 2.24) is 4.98 Å². The number of pyridine rings is 1. The number of nitrogens with zero attached hydrogens (tertiary/aromatic N) is 2.